The lowest BCUT2D eigenvalue weighted by atomic mass is 9.81. The first-order valence-corrected chi connectivity index (χ1v) is 7.27. The molecule has 2 aliphatic heterocycles. The van der Waals surface area contributed by atoms with E-state index in [2.05, 4.69) is 11.6 Å². The summed E-state index contributed by atoms with van der Waals surface area (Å²) in [5.74, 6) is -1.21. The van der Waals surface area contributed by atoms with Crippen molar-refractivity contribution in [3.63, 3.8) is 0 Å². The maximum atomic E-state index is 12.5. The number of carboxylic acid groups (broad SMARTS) is 1. The van der Waals surface area contributed by atoms with Crippen molar-refractivity contribution in [3.05, 3.63) is 36.5 Å². The number of amides is 1. The minimum absolute atomic E-state index is 0.161. The van der Waals surface area contributed by atoms with Crippen molar-refractivity contribution in [1.29, 1.82) is 5.26 Å². The number of hydrogen-bond acceptors (Lipinski definition) is 5. The van der Waals surface area contributed by atoms with Crippen LogP contribution >= 0.6 is 0 Å². The van der Waals surface area contributed by atoms with Crippen LogP contribution in [0.3, 0.4) is 0 Å². The second kappa shape index (κ2) is 5.39. The average Bonchev–Trinajstić information content (AvgIpc) is 3.05. The Balaban J connectivity index is 1.92. The van der Waals surface area contributed by atoms with Gasteiger partial charge >= 0.3 is 5.97 Å². The molecule has 7 nitrogen and oxygen atoms in total. The van der Waals surface area contributed by atoms with Gasteiger partial charge < -0.3 is 14.9 Å². The molecule has 0 unspecified atom stereocenters. The minimum atomic E-state index is -1.13. The SMILES string of the molecule is C=CCN1C[C@@]2(C(=O)O)CN(c3cccc(C#N)n3)C[C@H]2C1=O. The van der Waals surface area contributed by atoms with Crippen molar-refractivity contribution in [2.75, 3.05) is 31.1 Å². The van der Waals surface area contributed by atoms with Gasteiger partial charge in [-0.3, -0.25) is 9.59 Å². The molecule has 0 spiro atoms. The number of pyridine rings is 1. The Kier molecular flexibility index (Phi) is 3.52. The second-order valence-electron chi connectivity index (χ2n) is 5.89. The van der Waals surface area contributed by atoms with Crippen molar-refractivity contribution in [1.82, 2.24) is 9.88 Å². The zero-order chi connectivity index (χ0) is 16.6. The maximum absolute atomic E-state index is 12.5. The molecule has 3 rings (SSSR count). The molecule has 2 atom stereocenters. The molecule has 2 saturated heterocycles. The predicted molar refractivity (Wildman–Crippen MR) is 81.5 cm³/mol. The molecule has 1 amide bonds. The van der Waals surface area contributed by atoms with E-state index in [0.29, 0.717) is 18.9 Å². The first-order valence-electron chi connectivity index (χ1n) is 7.27. The Morgan fingerprint density at radius 3 is 2.96 bits per heavy atom. The van der Waals surface area contributed by atoms with Crippen molar-refractivity contribution in [3.8, 4) is 6.07 Å². The molecule has 1 aromatic rings. The van der Waals surface area contributed by atoms with Gasteiger partial charge in [0.1, 0.15) is 23.0 Å². The molecule has 2 fully saturated rings. The van der Waals surface area contributed by atoms with Crippen LogP contribution < -0.4 is 4.90 Å². The van der Waals surface area contributed by atoms with E-state index in [0.717, 1.165) is 0 Å². The van der Waals surface area contributed by atoms with Crippen LogP contribution in [0.25, 0.3) is 0 Å². The highest BCUT2D eigenvalue weighted by molar-refractivity contribution is 5.93. The minimum Gasteiger partial charge on any atom is -0.481 e. The summed E-state index contributed by atoms with van der Waals surface area (Å²) in [6.07, 6.45) is 1.60. The highest BCUT2D eigenvalue weighted by Gasteiger charge is 2.62. The number of carbonyl (C=O) groups excluding carboxylic acids is 1. The first-order chi connectivity index (χ1) is 11.0. The van der Waals surface area contributed by atoms with E-state index < -0.39 is 17.3 Å². The van der Waals surface area contributed by atoms with Gasteiger partial charge in [-0.1, -0.05) is 12.1 Å². The largest absolute Gasteiger partial charge is 0.481 e. The van der Waals surface area contributed by atoms with Gasteiger partial charge in [-0.15, -0.1) is 6.58 Å². The van der Waals surface area contributed by atoms with E-state index in [1.54, 1.807) is 34.1 Å². The molecule has 7 heteroatoms. The third kappa shape index (κ3) is 2.23. The van der Waals surface area contributed by atoms with Crippen LogP contribution in [0.4, 0.5) is 5.82 Å². The molecule has 0 radical (unpaired) electrons. The zero-order valence-corrected chi connectivity index (χ0v) is 12.5. The molecule has 0 aromatic carbocycles. The van der Waals surface area contributed by atoms with Crippen LogP contribution in [0, 0.1) is 22.7 Å². The number of carboxylic acids is 1. The lowest BCUT2D eigenvalue weighted by Gasteiger charge is -2.25. The normalized spacial score (nSPS) is 26.0. The van der Waals surface area contributed by atoms with E-state index >= 15 is 0 Å². The quantitative estimate of drug-likeness (QED) is 0.813. The van der Waals surface area contributed by atoms with Gasteiger partial charge in [0.05, 0.1) is 5.92 Å². The molecule has 0 saturated carbocycles. The van der Waals surface area contributed by atoms with Crippen LogP contribution in [0.15, 0.2) is 30.9 Å². The Morgan fingerprint density at radius 2 is 2.35 bits per heavy atom. The zero-order valence-electron chi connectivity index (χ0n) is 12.5. The van der Waals surface area contributed by atoms with E-state index in [9.17, 15) is 14.7 Å². The van der Waals surface area contributed by atoms with Gasteiger partial charge in [-0.05, 0) is 12.1 Å². The molecular weight excluding hydrogens is 296 g/mol. The monoisotopic (exact) mass is 312 g/mol. The van der Waals surface area contributed by atoms with Crippen LogP contribution in [0.5, 0.6) is 0 Å². The van der Waals surface area contributed by atoms with E-state index in [-0.39, 0.29) is 24.7 Å². The standard InChI is InChI=1S/C16H16N4O3/c1-2-6-19-9-16(15(22)23)10-20(8-12(16)14(19)21)13-5-3-4-11(7-17)18-13/h2-5,12H,1,6,8-10H2,(H,22,23)/t12-,16+/m0/s1. The number of fused-ring (bicyclic) bond motifs is 1. The van der Waals surface area contributed by atoms with Gasteiger partial charge in [-0.25, -0.2) is 4.98 Å². The van der Waals surface area contributed by atoms with Gasteiger partial charge in [0, 0.05) is 26.2 Å². The molecule has 0 aliphatic carbocycles. The van der Waals surface area contributed by atoms with Crippen LogP contribution in [0.2, 0.25) is 0 Å². The molecule has 118 valence electrons. The fourth-order valence-electron chi connectivity index (χ4n) is 3.45. The fraction of sp³-hybridized carbons (Fsp3) is 0.375. The second-order valence-corrected chi connectivity index (χ2v) is 5.89. The van der Waals surface area contributed by atoms with Crippen molar-refractivity contribution >= 4 is 17.7 Å². The lowest BCUT2D eigenvalue weighted by molar-refractivity contribution is -0.149. The highest BCUT2D eigenvalue weighted by atomic mass is 16.4. The van der Waals surface area contributed by atoms with Gasteiger partial charge in [0.25, 0.3) is 0 Å². The number of carbonyl (C=O) groups is 2. The molecule has 1 aromatic heterocycles. The van der Waals surface area contributed by atoms with Gasteiger partial charge in [-0.2, -0.15) is 5.26 Å². The van der Waals surface area contributed by atoms with Crippen molar-refractivity contribution in [2.24, 2.45) is 11.3 Å². The molecule has 1 N–H and O–H groups in total. The lowest BCUT2D eigenvalue weighted by Crippen LogP contribution is -2.41. The molecule has 2 aliphatic rings. The third-order valence-corrected chi connectivity index (χ3v) is 4.57. The van der Waals surface area contributed by atoms with Gasteiger partial charge in [0.2, 0.25) is 5.91 Å². The fourth-order valence-corrected chi connectivity index (χ4v) is 3.45. The van der Waals surface area contributed by atoms with E-state index in [4.69, 9.17) is 5.26 Å². The number of nitriles is 1. The average molecular weight is 312 g/mol. The molecule has 23 heavy (non-hydrogen) atoms. The first kappa shape index (κ1) is 15.0. The summed E-state index contributed by atoms with van der Waals surface area (Å²) in [5.41, 5.74) is -0.867. The summed E-state index contributed by atoms with van der Waals surface area (Å²) in [5, 5.41) is 18.7. The molecule has 3 heterocycles. The Hall–Kier alpha value is -2.88. The number of nitrogens with zero attached hydrogens (tertiary/aromatic N) is 4. The predicted octanol–water partition coefficient (Wildman–Crippen LogP) is 0.489. The number of rotatable bonds is 4. The topological polar surface area (TPSA) is 97.5 Å². The summed E-state index contributed by atoms with van der Waals surface area (Å²) in [6.45, 7) is 4.63. The van der Waals surface area contributed by atoms with E-state index in [1.807, 2.05) is 6.07 Å². The summed E-state index contributed by atoms with van der Waals surface area (Å²) in [7, 11) is 0. The maximum Gasteiger partial charge on any atom is 0.314 e. The van der Waals surface area contributed by atoms with Crippen LogP contribution in [-0.4, -0.2) is 53.0 Å². The Labute approximate surface area is 133 Å². The molecule has 0 bridgehead atoms. The van der Waals surface area contributed by atoms with E-state index in [1.165, 1.54) is 0 Å². The van der Waals surface area contributed by atoms with Gasteiger partial charge in [0.15, 0.2) is 0 Å². The summed E-state index contributed by atoms with van der Waals surface area (Å²) >= 11 is 0. The van der Waals surface area contributed by atoms with Crippen molar-refractivity contribution in [2.45, 2.75) is 0 Å². The number of aromatic nitrogens is 1. The van der Waals surface area contributed by atoms with Crippen LogP contribution in [-0.2, 0) is 9.59 Å². The number of hydrogen-bond donors (Lipinski definition) is 1. The molecular formula is C16H16N4O3. The summed E-state index contributed by atoms with van der Waals surface area (Å²) < 4.78 is 0. The number of anilines is 1. The number of likely N-dealkylation sites (tertiary alicyclic amines) is 1. The highest BCUT2D eigenvalue weighted by Crippen LogP contribution is 2.44. The van der Waals surface area contributed by atoms with Crippen LogP contribution in [0.1, 0.15) is 5.69 Å². The smallest absolute Gasteiger partial charge is 0.314 e. The summed E-state index contributed by atoms with van der Waals surface area (Å²) in [6, 6.07) is 6.98. The van der Waals surface area contributed by atoms with Crippen molar-refractivity contribution < 1.29 is 14.7 Å². The Morgan fingerprint density at radius 1 is 1.57 bits per heavy atom. The number of aliphatic carboxylic acids is 1. The third-order valence-electron chi connectivity index (χ3n) is 4.57. The Bertz CT molecular complexity index is 726. The summed E-state index contributed by atoms with van der Waals surface area (Å²) in [4.78, 5) is 31.9.